The van der Waals surface area contributed by atoms with E-state index in [2.05, 4.69) is 24.9 Å². The van der Waals surface area contributed by atoms with Crippen molar-refractivity contribution in [2.24, 2.45) is 4.99 Å². The second-order valence-electron chi connectivity index (χ2n) is 5.12. The highest BCUT2D eigenvalue weighted by Gasteiger charge is 2.10. The Bertz CT molecular complexity index is 758. The third-order valence-corrected chi connectivity index (χ3v) is 4.94. The topological polar surface area (TPSA) is 87.5 Å². The minimum absolute atomic E-state index is 0. The van der Waals surface area contributed by atoms with E-state index in [9.17, 15) is 8.42 Å². The third-order valence-electron chi connectivity index (χ3n) is 3.51. The number of hydrogen-bond donors (Lipinski definition) is 3. The molecular weight excluding hydrogens is 453 g/mol. The molecule has 3 N–H and O–H groups in total. The predicted molar refractivity (Wildman–Crippen MR) is 111 cm³/mol. The van der Waals surface area contributed by atoms with Crippen LogP contribution < -0.4 is 15.4 Å². The molecule has 138 valence electrons. The van der Waals surface area contributed by atoms with Gasteiger partial charge >= 0.3 is 0 Å². The first-order valence-corrected chi connectivity index (χ1v) is 9.11. The maximum absolute atomic E-state index is 11.7. The maximum Gasteiger partial charge on any atom is 0.240 e. The molecule has 7 nitrogen and oxygen atoms in total. The zero-order valence-corrected chi connectivity index (χ0v) is 17.4. The van der Waals surface area contributed by atoms with Crippen molar-refractivity contribution in [3.05, 3.63) is 54.4 Å². The van der Waals surface area contributed by atoms with Crippen LogP contribution in [0.25, 0.3) is 0 Å². The van der Waals surface area contributed by atoms with Gasteiger partial charge in [-0.25, -0.2) is 13.1 Å². The lowest BCUT2D eigenvalue weighted by Crippen LogP contribution is -2.38. The van der Waals surface area contributed by atoms with Crippen LogP contribution in [0.15, 0.2) is 58.7 Å². The van der Waals surface area contributed by atoms with E-state index in [0.717, 1.165) is 18.7 Å². The van der Waals surface area contributed by atoms with Crippen LogP contribution in [0.4, 0.5) is 0 Å². The van der Waals surface area contributed by atoms with Gasteiger partial charge < -0.3 is 15.2 Å². The summed E-state index contributed by atoms with van der Waals surface area (Å²) in [6.07, 6.45) is 4.03. The number of nitrogens with one attached hydrogen (secondary N) is 3. The van der Waals surface area contributed by atoms with E-state index in [1.54, 1.807) is 31.3 Å². The van der Waals surface area contributed by atoms with Crippen molar-refractivity contribution in [1.82, 2.24) is 19.9 Å². The largest absolute Gasteiger partial charge is 0.355 e. The fourth-order valence-electron chi connectivity index (χ4n) is 2.13. The lowest BCUT2D eigenvalue weighted by Gasteiger charge is -2.12. The van der Waals surface area contributed by atoms with Crippen molar-refractivity contribution in [1.29, 1.82) is 0 Å². The van der Waals surface area contributed by atoms with E-state index in [0.29, 0.717) is 12.5 Å². The van der Waals surface area contributed by atoms with Crippen molar-refractivity contribution in [3.63, 3.8) is 0 Å². The van der Waals surface area contributed by atoms with Crippen molar-refractivity contribution in [2.75, 3.05) is 20.6 Å². The smallest absolute Gasteiger partial charge is 0.240 e. The summed E-state index contributed by atoms with van der Waals surface area (Å²) < 4.78 is 27.7. The predicted octanol–water partition coefficient (Wildman–Crippen LogP) is 1.38. The lowest BCUT2D eigenvalue weighted by atomic mass is 10.2. The standard InChI is InChI=1S/C16H23N5O2S.HI/c1-17-16(19-9-12-21-10-3-4-11-21)20-13-14-5-7-15(8-6-14)24(22,23)18-2;/h3-8,10-11,18H,9,12-13H2,1-2H3,(H2,17,19,20);1H. The Morgan fingerprint density at radius 3 is 2.32 bits per heavy atom. The van der Waals surface area contributed by atoms with Crippen LogP contribution >= 0.6 is 24.0 Å². The van der Waals surface area contributed by atoms with E-state index in [1.807, 2.05) is 24.5 Å². The van der Waals surface area contributed by atoms with E-state index in [4.69, 9.17) is 0 Å². The van der Waals surface area contributed by atoms with Gasteiger partial charge in [0.1, 0.15) is 0 Å². The van der Waals surface area contributed by atoms with Gasteiger partial charge in [-0.2, -0.15) is 0 Å². The number of rotatable bonds is 7. The summed E-state index contributed by atoms with van der Waals surface area (Å²) in [7, 11) is -0.280. The number of sulfonamides is 1. The molecule has 2 rings (SSSR count). The molecule has 0 bridgehead atoms. The fraction of sp³-hybridized carbons (Fsp3) is 0.312. The molecule has 0 aliphatic rings. The summed E-state index contributed by atoms with van der Waals surface area (Å²) in [5.74, 6) is 0.703. The summed E-state index contributed by atoms with van der Waals surface area (Å²) in [6.45, 7) is 2.17. The number of halogens is 1. The van der Waals surface area contributed by atoms with Gasteiger partial charge in [-0.1, -0.05) is 12.1 Å². The number of nitrogens with zero attached hydrogens (tertiary/aromatic N) is 2. The molecule has 9 heteroatoms. The maximum atomic E-state index is 11.7. The van der Waals surface area contributed by atoms with E-state index in [-0.39, 0.29) is 28.9 Å². The third kappa shape index (κ3) is 6.67. The van der Waals surface area contributed by atoms with Crippen molar-refractivity contribution in [2.45, 2.75) is 18.0 Å². The first-order valence-electron chi connectivity index (χ1n) is 7.63. The number of aromatic nitrogens is 1. The number of hydrogen-bond acceptors (Lipinski definition) is 3. The van der Waals surface area contributed by atoms with Crippen LogP contribution in [0.1, 0.15) is 5.56 Å². The van der Waals surface area contributed by atoms with Crippen LogP contribution in [0, 0.1) is 0 Å². The molecule has 0 amide bonds. The summed E-state index contributed by atoms with van der Waals surface area (Å²) in [5, 5.41) is 6.44. The van der Waals surface area contributed by atoms with E-state index >= 15 is 0 Å². The Kier molecular flexibility index (Phi) is 8.93. The van der Waals surface area contributed by atoms with Gasteiger partial charge in [-0.15, -0.1) is 24.0 Å². The molecular formula is C16H24IN5O2S. The highest BCUT2D eigenvalue weighted by molar-refractivity contribution is 14.0. The first kappa shape index (κ1) is 21.5. The first-order chi connectivity index (χ1) is 11.5. The molecule has 1 aromatic heterocycles. The normalized spacial score (nSPS) is 11.7. The molecule has 0 aliphatic heterocycles. The molecule has 25 heavy (non-hydrogen) atoms. The van der Waals surface area contributed by atoms with Crippen LogP contribution in [0.5, 0.6) is 0 Å². The molecule has 0 fully saturated rings. The number of benzene rings is 1. The van der Waals surface area contributed by atoms with Gasteiger partial charge in [-0.3, -0.25) is 4.99 Å². The summed E-state index contributed by atoms with van der Waals surface area (Å²) >= 11 is 0. The Morgan fingerprint density at radius 2 is 1.76 bits per heavy atom. The van der Waals surface area contributed by atoms with Gasteiger partial charge in [0.15, 0.2) is 5.96 Å². The van der Waals surface area contributed by atoms with Crippen molar-refractivity contribution >= 4 is 40.0 Å². The zero-order chi connectivity index (χ0) is 17.4. The minimum Gasteiger partial charge on any atom is -0.355 e. The molecule has 0 radical (unpaired) electrons. The Labute approximate surface area is 166 Å². The lowest BCUT2D eigenvalue weighted by molar-refractivity contribution is 0.588. The molecule has 1 heterocycles. The van der Waals surface area contributed by atoms with Gasteiger partial charge in [0.05, 0.1) is 4.90 Å². The average Bonchev–Trinajstić information content (AvgIpc) is 3.11. The highest BCUT2D eigenvalue weighted by atomic mass is 127. The van der Waals surface area contributed by atoms with E-state index in [1.165, 1.54) is 7.05 Å². The van der Waals surface area contributed by atoms with Gasteiger partial charge in [0.2, 0.25) is 10.0 Å². The molecule has 0 saturated heterocycles. The van der Waals surface area contributed by atoms with Crippen molar-refractivity contribution in [3.8, 4) is 0 Å². The monoisotopic (exact) mass is 477 g/mol. The van der Waals surface area contributed by atoms with Crippen molar-refractivity contribution < 1.29 is 8.42 Å². The second-order valence-corrected chi connectivity index (χ2v) is 7.01. The van der Waals surface area contributed by atoms with Gasteiger partial charge in [0, 0.05) is 39.1 Å². The van der Waals surface area contributed by atoms with Crippen LogP contribution in [0.2, 0.25) is 0 Å². The summed E-state index contributed by atoms with van der Waals surface area (Å²) in [6, 6.07) is 10.7. The Morgan fingerprint density at radius 1 is 1.12 bits per heavy atom. The highest BCUT2D eigenvalue weighted by Crippen LogP contribution is 2.09. The Balaban J connectivity index is 0.00000312. The molecule has 0 saturated carbocycles. The number of aliphatic imine (C=N–C) groups is 1. The summed E-state index contributed by atoms with van der Waals surface area (Å²) in [5.41, 5.74) is 0.971. The minimum atomic E-state index is -3.39. The van der Waals surface area contributed by atoms with Gasteiger partial charge in [0.25, 0.3) is 0 Å². The zero-order valence-electron chi connectivity index (χ0n) is 14.3. The van der Waals surface area contributed by atoms with E-state index < -0.39 is 10.0 Å². The molecule has 2 aromatic rings. The fourth-order valence-corrected chi connectivity index (χ4v) is 2.86. The SMILES string of the molecule is CN=C(NCCn1cccc1)NCc1ccc(S(=O)(=O)NC)cc1.I. The van der Waals surface area contributed by atoms with Gasteiger partial charge in [-0.05, 0) is 36.9 Å². The number of guanidine groups is 1. The molecule has 0 atom stereocenters. The van der Waals surface area contributed by atoms with Crippen LogP contribution in [0.3, 0.4) is 0 Å². The van der Waals surface area contributed by atoms with Crippen LogP contribution in [-0.2, 0) is 23.1 Å². The summed E-state index contributed by atoms with van der Waals surface area (Å²) in [4.78, 5) is 4.42. The quantitative estimate of drug-likeness (QED) is 0.320. The molecule has 0 aliphatic carbocycles. The average molecular weight is 477 g/mol. The molecule has 0 unspecified atom stereocenters. The second kappa shape index (κ2) is 10.4. The molecule has 1 aromatic carbocycles. The Hall–Kier alpha value is -1.59. The molecule has 0 spiro atoms. The van der Waals surface area contributed by atoms with Crippen LogP contribution in [-0.4, -0.2) is 39.6 Å².